The molecule has 0 aliphatic rings. The second-order valence-corrected chi connectivity index (χ2v) is 4.04. The van der Waals surface area contributed by atoms with Crippen molar-refractivity contribution in [1.29, 1.82) is 0 Å². The summed E-state index contributed by atoms with van der Waals surface area (Å²) >= 11 is 0. The fraction of sp³-hybridized carbons (Fsp3) is 0.0769. The number of nitro groups is 1. The minimum atomic E-state index is -0.777. The molecule has 0 aromatic heterocycles. The normalized spacial score (nSPS) is 10.3. The number of halogens is 3. The number of non-ortho nitro benzene ring substituents is 1. The summed E-state index contributed by atoms with van der Waals surface area (Å²) in [4.78, 5) is 9.85. The highest BCUT2D eigenvalue weighted by molar-refractivity contribution is 5.51. The van der Waals surface area contributed by atoms with Crippen LogP contribution in [-0.4, -0.2) is 4.92 Å². The molecule has 0 heterocycles. The summed E-state index contributed by atoms with van der Waals surface area (Å²) in [5.74, 6) is -2.22. The molecule has 0 aliphatic carbocycles. The monoisotopic (exact) mass is 282 g/mol. The quantitative estimate of drug-likeness (QED) is 0.688. The van der Waals surface area contributed by atoms with Crippen molar-refractivity contribution >= 4 is 11.4 Å². The van der Waals surface area contributed by atoms with E-state index in [0.29, 0.717) is 0 Å². The molecule has 2 aromatic carbocycles. The van der Waals surface area contributed by atoms with Crippen LogP contribution < -0.4 is 5.32 Å². The summed E-state index contributed by atoms with van der Waals surface area (Å²) in [5.41, 5.74) is -0.106. The minimum Gasteiger partial charge on any atom is -0.381 e. The van der Waals surface area contributed by atoms with Crippen molar-refractivity contribution in [3.05, 3.63) is 69.5 Å². The largest absolute Gasteiger partial charge is 0.381 e. The van der Waals surface area contributed by atoms with E-state index < -0.39 is 28.1 Å². The van der Waals surface area contributed by atoms with Crippen LogP contribution in [0, 0.1) is 27.6 Å². The Morgan fingerprint density at radius 1 is 1.05 bits per heavy atom. The molecule has 20 heavy (non-hydrogen) atoms. The summed E-state index contributed by atoms with van der Waals surface area (Å²) < 4.78 is 39.3. The van der Waals surface area contributed by atoms with E-state index >= 15 is 0 Å². The first kappa shape index (κ1) is 13.9. The number of hydrogen-bond acceptors (Lipinski definition) is 3. The van der Waals surface area contributed by atoms with E-state index in [9.17, 15) is 23.3 Å². The van der Waals surface area contributed by atoms with Gasteiger partial charge >= 0.3 is 0 Å². The Morgan fingerprint density at radius 2 is 1.80 bits per heavy atom. The van der Waals surface area contributed by atoms with Gasteiger partial charge in [-0.05, 0) is 12.1 Å². The number of nitrogens with zero attached hydrogens (tertiary/aromatic N) is 1. The standard InChI is InChI=1S/C13H9F3N2O2/c14-9-2-1-8(13(16)5-9)7-17-11-3-10(15)4-12(6-11)18(19)20/h1-6,17H,7H2. The van der Waals surface area contributed by atoms with Crippen LogP contribution in [0.15, 0.2) is 36.4 Å². The second kappa shape index (κ2) is 5.60. The topological polar surface area (TPSA) is 55.2 Å². The van der Waals surface area contributed by atoms with E-state index in [1.807, 2.05) is 0 Å². The van der Waals surface area contributed by atoms with Gasteiger partial charge in [0.25, 0.3) is 5.69 Å². The summed E-state index contributed by atoms with van der Waals surface area (Å²) in [7, 11) is 0. The highest BCUT2D eigenvalue weighted by atomic mass is 19.1. The highest BCUT2D eigenvalue weighted by Gasteiger charge is 2.10. The lowest BCUT2D eigenvalue weighted by Gasteiger charge is -2.07. The van der Waals surface area contributed by atoms with E-state index in [1.165, 1.54) is 6.07 Å². The number of hydrogen-bond donors (Lipinski definition) is 1. The maximum Gasteiger partial charge on any atom is 0.274 e. The average Bonchev–Trinajstić information content (AvgIpc) is 2.37. The lowest BCUT2D eigenvalue weighted by Crippen LogP contribution is -2.03. The molecule has 0 atom stereocenters. The van der Waals surface area contributed by atoms with Gasteiger partial charge < -0.3 is 5.32 Å². The van der Waals surface area contributed by atoms with Crippen LogP contribution in [0.1, 0.15) is 5.56 Å². The van der Waals surface area contributed by atoms with Gasteiger partial charge in [0.1, 0.15) is 17.5 Å². The van der Waals surface area contributed by atoms with Crippen LogP contribution in [-0.2, 0) is 6.54 Å². The summed E-state index contributed by atoms with van der Waals surface area (Å²) in [5, 5.41) is 13.2. The van der Waals surface area contributed by atoms with Gasteiger partial charge in [-0.15, -0.1) is 0 Å². The van der Waals surface area contributed by atoms with Crippen LogP contribution in [0.2, 0.25) is 0 Å². The van der Waals surface area contributed by atoms with Crippen LogP contribution in [0.4, 0.5) is 24.5 Å². The summed E-state index contributed by atoms with van der Waals surface area (Å²) in [6.07, 6.45) is 0. The first-order valence-electron chi connectivity index (χ1n) is 5.58. The number of benzene rings is 2. The van der Waals surface area contributed by atoms with Gasteiger partial charge in [-0.2, -0.15) is 0 Å². The van der Waals surface area contributed by atoms with Crippen molar-refractivity contribution in [1.82, 2.24) is 0 Å². The average molecular weight is 282 g/mol. The molecule has 0 spiro atoms. The molecule has 0 unspecified atom stereocenters. The zero-order valence-corrected chi connectivity index (χ0v) is 10.1. The smallest absolute Gasteiger partial charge is 0.274 e. The lowest BCUT2D eigenvalue weighted by atomic mass is 10.2. The number of rotatable bonds is 4. The SMILES string of the molecule is O=[N+]([O-])c1cc(F)cc(NCc2ccc(F)cc2F)c1. The van der Waals surface area contributed by atoms with E-state index in [-0.39, 0.29) is 17.8 Å². The molecule has 0 aliphatic heterocycles. The maximum absolute atomic E-state index is 13.4. The molecular formula is C13H9F3N2O2. The van der Waals surface area contributed by atoms with Crippen LogP contribution in [0.3, 0.4) is 0 Å². The van der Waals surface area contributed by atoms with Gasteiger partial charge in [0.15, 0.2) is 0 Å². The molecule has 4 nitrogen and oxygen atoms in total. The Morgan fingerprint density at radius 3 is 2.45 bits per heavy atom. The molecule has 104 valence electrons. The Bertz CT molecular complexity index is 662. The lowest BCUT2D eigenvalue weighted by molar-refractivity contribution is -0.385. The van der Waals surface area contributed by atoms with Crippen molar-refractivity contribution in [2.75, 3.05) is 5.32 Å². The van der Waals surface area contributed by atoms with E-state index in [4.69, 9.17) is 0 Å². The maximum atomic E-state index is 13.4. The molecule has 0 amide bonds. The van der Waals surface area contributed by atoms with Gasteiger partial charge in [0.2, 0.25) is 0 Å². The van der Waals surface area contributed by atoms with Gasteiger partial charge in [-0.1, -0.05) is 6.07 Å². The zero-order chi connectivity index (χ0) is 14.7. The molecule has 7 heteroatoms. The predicted molar refractivity (Wildman–Crippen MR) is 66.7 cm³/mol. The Hall–Kier alpha value is -2.57. The van der Waals surface area contributed by atoms with Gasteiger partial charge in [-0.3, -0.25) is 10.1 Å². The molecule has 2 aromatic rings. The Kier molecular flexibility index (Phi) is 3.88. The molecule has 0 bridgehead atoms. The number of nitrogens with one attached hydrogen (secondary N) is 1. The van der Waals surface area contributed by atoms with E-state index in [0.717, 1.165) is 30.3 Å². The molecule has 0 saturated heterocycles. The van der Waals surface area contributed by atoms with Crippen LogP contribution in [0.25, 0.3) is 0 Å². The second-order valence-electron chi connectivity index (χ2n) is 4.04. The number of anilines is 1. The Balaban J connectivity index is 2.16. The highest BCUT2D eigenvalue weighted by Crippen LogP contribution is 2.21. The molecule has 1 N–H and O–H groups in total. The third-order valence-corrected chi connectivity index (χ3v) is 2.59. The third kappa shape index (κ3) is 3.25. The first-order chi connectivity index (χ1) is 9.45. The zero-order valence-electron chi connectivity index (χ0n) is 10.1. The van der Waals surface area contributed by atoms with Crippen molar-refractivity contribution in [2.24, 2.45) is 0 Å². The van der Waals surface area contributed by atoms with Gasteiger partial charge in [0, 0.05) is 29.9 Å². The van der Waals surface area contributed by atoms with E-state index in [1.54, 1.807) is 0 Å². The number of nitro benzene ring substituents is 1. The van der Waals surface area contributed by atoms with Crippen LogP contribution in [0.5, 0.6) is 0 Å². The molecule has 0 fully saturated rings. The summed E-state index contributed by atoms with van der Waals surface area (Å²) in [6.45, 7) is -0.0489. The van der Waals surface area contributed by atoms with Crippen molar-refractivity contribution in [3.8, 4) is 0 Å². The minimum absolute atomic E-state index is 0.0489. The molecule has 0 radical (unpaired) electrons. The fourth-order valence-corrected chi connectivity index (χ4v) is 1.64. The molecule has 2 rings (SSSR count). The van der Waals surface area contributed by atoms with Crippen molar-refractivity contribution < 1.29 is 18.1 Å². The third-order valence-electron chi connectivity index (χ3n) is 2.59. The summed E-state index contributed by atoms with van der Waals surface area (Å²) in [6, 6.07) is 6.02. The Labute approximate surface area is 112 Å². The van der Waals surface area contributed by atoms with Crippen molar-refractivity contribution in [2.45, 2.75) is 6.54 Å². The molecular weight excluding hydrogens is 273 g/mol. The van der Waals surface area contributed by atoms with Gasteiger partial charge in [0.05, 0.1) is 11.0 Å². The first-order valence-corrected chi connectivity index (χ1v) is 5.58. The van der Waals surface area contributed by atoms with Crippen LogP contribution >= 0.6 is 0 Å². The van der Waals surface area contributed by atoms with Gasteiger partial charge in [-0.25, -0.2) is 13.2 Å². The fourth-order valence-electron chi connectivity index (χ4n) is 1.64. The predicted octanol–water partition coefficient (Wildman–Crippen LogP) is 3.62. The molecule has 0 saturated carbocycles. The van der Waals surface area contributed by atoms with Crippen molar-refractivity contribution in [3.63, 3.8) is 0 Å². The van der Waals surface area contributed by atoms with E-state index in [2.05, 4.69) is 5.32 Å².